The number of aliphatic hydroxyl groups is 1. The summed E-state index contributed by atoms with van der Waals surface area (Å²) in [5.74, 6) is -0.860. The Bertz CT molecular complexity index is 623. The van der Waals surface area contributed by atoms with Gasteiger partial charge in [0.25, 0.3) is 0 Å². The molecule has 1 aromatic rings. The summed E-state index contributed by atoms with van der Waals surface area (Å²) in [6.45, 7) is 2.27. The molecule has 5 nitrogen and oxygen atoms in total. The van der Waals surface area contributed by atoms with Crippen molar-refractivity contribution < 1.29 is 22.7 Å². The van der Waals surface area contributed by atoms with E-state index >= 15 is 0 Å². The third-order valence-electron chi connectivity index (χ3n) is 3.30. The van der Waals surface area contributed by atoms with Crippen molar-refractivity contribution >= 4 is 21.6 Å². The van der Waals surface area contributed by atoms with Gasteiger partial charge in [-0.15, -0.1) is 0 Å². The third kappa shape index (κ3) is 3.54. The number of rotatable bonds is 3. The van der Waals surface area contributed by atoms with Gasteiger partial charge in [0, 0.05) is 25.3 Å². The molecule has 118 valence electrons. The average molecular weight is 338 g/mol. The maximum atomic E-state index is 13.7. The molecular weight excluding hydrogens is 321 g/mol. The highest BCUT2D eigenvalue weighted by Gasteiger charge is 2.29. The van der Waals surface area contributed by atoms with E-state index in [-0.39, 0.29) is 28.1 Å². The van der Waals surface area contributed by atoms with E-state index in [1.165, 1.54) is 10.4 Å². The molecule has 0 radical (unpaired) electrons. The van der Waals surface area contributed by atoms with Gasteiger partial charge in [0.15, 0.2) is 0 Å². The maximum absolute atomic E-state index is 13.7. The smallest absolute Gasteiger partial charge is 0.243 e. The van der Waals surface area contributed by atoms with Crippen molar-refractivity contribution in [2.45, 2.75) is 31.0 Å². The SMILES string of the molecule is CC1CN(S(=O)(=O)c2cc(F)c(Cl)c(CO)c2)CCCO1. The fourth-order valence-electron chi connectivity index (χ4n) is 2.21. The van der Waals surface area contributed by atoms with Crippen molar-refractivity contribution in [2.75, 3.05) is 19.7 Å². The molecule has 0 saturated carbocycles. The van der Waals surface area contributed by atoms with Crippen molar-refractivity contribution in [2.24, 2.45) is 0 Å². The number of sulfonamides is 1. The summed E-state index contributed by atoms with van der Waals surface area (Å²) in [7, 11) is -3.85. The topological polar surface area (TPSA) is 66.8 Å². The minimum atomic E-state index is -3.85. The van der Waals surface area contributed by atoms with Crippen LogP contribution < -0.4 is 0 Å². The molecular formula is C13H17ClFNO4S. The van der Waals surface area contributed by atoms with Crippen LogP contribution in [0.5, 0.6) is 0 Å². The van der Waals surface area contributed by atoms with Crippen molar-refractivity contribution in [3.05, 3.63) is 28.5 Å². The van der Waals surface area contributed by atoms with Crippen LogP contribution in [0, 0.1) is 5.82 Å². The lowest BCUT2D eigenvalue weighted by Gasteiger charge is -2.22. The van der Waals surface area contributed by atoms with Crippen LogP contribution in [0.15, 0.2) is 17.0 Å². The van der Waals surface area contributed by atoms with E-state index in [1.807, 2.05) is 0 Å². The number of benzene rings is 1. The van der Waals surface area contributed by atoms with E-state index in [4.69, 9.17) is 21.4 Å². The van der Waals surface area contributed by atoms with Gasteiger partial charge in [-0.2, -0.15) is 4.31 Å². The zero-order chi connectivity index (χ0) is 15.6. The molecule has 1 fully saturated rings. The van der Waals surface area contributed by atoms with Crippen LogP contribution >= 0.6 is 11.6 Å². The molecule has 1 N–H and O–H groups in total. The lowest BCUT2D eigenvalue weighted by atomic mass is 10.2. The second-order valence-electron chi connectivity index (χ2n) is 4.93. The van der Waals surface area contributed by atoms with Gasteiger partial charge in [0.05, 0.1) is 22.6 Å². The first kappa shape index (κ1) is 16.6. The normalized spacial score (nSPS) is 21.2. The zero-order valence-electron chi connectivity index (χ0n) is 11.6. The Balaban J connectivity index is 2.41. The van der Waals surface area contributed by atoms with Crippen molar-refractivity contribution in [3.63, 3.8) is 0 Å². The van der Waals surface area contributed by atoms with Crippen LogP contribution in [0.4, 0.5) is 4.39 Å². The molecule has 0 bridgehead atoms. The number of nitrogens with zero attached hydrogens (tertiary/aromatic N) is 1. The Morgan fingerprint density at radius 3 is 2.90 bits per heavy atom. The quantitative estimate of drug-likeness (QED) is 0.913. The molecule has 1 aromatic carbocycles. The molecule has 0 aliphatic carbocycles. The van der Waals surface area contributed by atoms with E-state index in [2.05, 4.69) is 0 Å². The van der Waals surface area contributed by atoms with Gasteiger partial charge >= 0.3 is 0 Å². The second kappa shape index (κ2) is 6.58. The van der Waals surface area contributed by atoms with Crippen LogP contribution in [0.2, 0.25) is 5.02 Å². The van der Waals surface area contributed by atoms with Crippen LogP contribution in [-0.2, 0) is 21.4 Å². The first-order chi connectivity index (χ1) is 9.86. The Hall–Kier alpha value is -0.730. The molecule has 0 amide bonds. The summed E-state index contributed by atoms with van der Waals surface area (Å²) in [6, 6.07) is 2.09. The average Bonchev–Trinajstić information content (AvgIpc) is 2.66. The number of aliphatic hydroxyl groups excluding tert-OH is 1. The molecule has 8 heteroatoms. The molecule has 2 rings (SSSR count). The molecule has 1 saturated heterocycles. The number of hydrogen-bond donors (Lipinski definition) is 1. The predicted molar refractivity (Wildman–Crippen MR) is 76.1 cm³/mol. The third-order valence-corrected chi connectivity index (χ3v) is 5.57. The maximum Gasteiger partial charge on any atom is 0.243 e. The Kier molecular flexibility index (Phi) is 5.21. The lowest BCUT2D eigenvalue weighted by Crippen LogP contribution is -2.36. The Morgan fingerprint density at radius 1 is 1.52 bits per heavy atom. The van der Waals surface area contributed by atoms with E-state index in [0.29, 0.717) is 19.6 Å². The summed E-state index contributed by atoms with van der Waals surface area (Å²) >= 11 is 5.69. The minimum Gasteiger partial charge on any atom is -0.392 e. The molecule has 0 aromatic heterocycles. The molecule has 1 unspecified atom stereocenters. The molecule has 1 aliphatic heterocycles. The highest BCUT2D eigenvalue weighted by atomic mass is 35.5. The largest absolute Gasteiger partial charge is 0.392 e. The zero-order valence-corrected chi connectivity index (χ0v) is 13.1. The molecule has 0 spiro atoms. The summed E-state index contributed by atoms with van der Waals surface area (Å²) in [6.07, 6.45) is 0.351. The van der Waals surface area contributed by atoms with Gasteiger partial charge in [-0.05, 0) is 25.5 Å². The van der Waals surface area contributed by atoms with Crippen molar-refractivity contribution in [1.29, 1.82) is 0 Å². The first-order valence-electron chi connectivity index (χ1n) is 6.56. The molecule has 1 heterocycles. The predicted octanol–water partition coefficient (Wildman–Crippen LogP) is 1.77. The van der Waals surface area contributed by atoms with Crippen molar-refractivity contribution in [1.82, 2.24) is 4.31 Å². The summed E-state index contributed by atoms with van der Waals surface area (Å²) < 4.78 is 45.6. The lowest BCUT2D eigenvalue weighted by molar-refractivity contribution is 0.0752. The Morgan fingerprint density at radius 2 is 2.24 bits per heavy atom. The van der Waals surface area contributed by atoms with Crippen LogP contribution in [0.25, 0.3) is 0 Å². The van der Waals surface area contributed by atoms with Gasteiger partial charge in [-0.25, -0.2) is 12.8 Å². The molecule has 1 atom stereocenters. The van der Waals surface area contributed by atoms with Crippen LogP contribution in [-0.4, -0.2) is 43.6 Å². The van der Waals surface area contributed by atoms with E-state index < -0.39 is 22.4 Å². The summed E-state index contributed by atoms with van der Waals surface area (Å²) in [5, 5.41) is 8.89. The molecule has 1 aliphatic rings. The highest BCUT2D eigenvalue weighted by molar-refractivity contribution is 7.89. The monoisotopic (exact) mass is 337 g/mol. The molecule has 21 heavy (non-hydrogen) atoms. The second-order valence-corrected chi connectivity index (χ2v) is 7.25. The fourth-order valence-corrected chi connectivity index (χ4v) is 3.99. The summed E-state index contributed by atoms with van der Waals surface area (Å²) in [5.41, 5.74) is 0.0503. The van der Waals surface area contributed by atoms with Gasteiger partial charge in [0.2, 0.25) is 10.0 Å². The van der Waals surface area contributed by atoms with Gasteiger partial charge in [-0.1, -0.05) is 11.6 Å². The van der Waals surface area contributed by atoms with Crippen LogP contribution in [0.1, 0.15) is 18.9 Å². The van der Waals surface area contributed by atoms with Gasteiger partial charge < -0.3 is 9.84 Å². The number of halogens is 2. The van der Waals surface area contributed by atoms with Gasteiger partial charge in [-0.3, -0.25) is 0 Å². The first-order valence-corrected chi connectivity index (χ1v) is 8.38. The number of ether oxygens (including phenoxy) is 1. The number of hydrogen-bond acceptors (Lipinski definition) is 4. The minimum absolute atomic E-state index is 0.0503. The highest BCUT2D eigenvalue weighted by Crippen LogP contribution is 2.27. The standard InChI is InChI=1S/C13H17ClFNO4S/c1-9-7-16(3-2-4-20-9)21(18,19)11-5-10(8-17)13(14)12(15)6-11/h5-6,9,17H,2-4,7-8H2,1H3. The van der Waals surface area contributed by atoms with Gasteiger partial charge in [0.1, 0.15) is 5.82 Å². The van der Waals surface area contributed by atoms with E-state index in [1.54, 1.807) is 6.92 Å². The fraction of sp³-hybridized carbons (Fsp3) is 0.538. The van der Waals surface area contributed by atoms with Crippen LogP contribution in [0.3, 0.4) is 0 Å². The Labute approximate surface area is 128 Å². The van der Waals surface area contributed by atoms with E-state index in [9.17, 15) is 12.8 Å². The van der Waals surface area contributed by atoms with E-state index in [0.717, 1.165) is 6.07 Å². The summed E-state index contributed by atoms with van der Waals surface area (Å²) in [4.78, 5) is -0.206. The van der Waals surface area contributed by atoms with Crippen molar-refractivity contribution in [3.8, 4) is 0 Å².